The van der Waals surface area contributed by atoms with Gasteiger partial charge in [0, 0.05) is 17.2 Å². The van der Waals surface area contributed by atoms with E-state index in [1.54, 1.807) is 0 Å². The fourth-order valence-corrected chi connectivity index (χ4v) is 3.45. The lowest BCUT2D eigenvalue weighted by atomic mass is 9.88. The minimum atomic E-state index is -0.574. The van der Waals surface area contributed by atoms with Crippen LogP contribution in [0.5, 0.6) is 11.5 Å². The van der Waals surface area contributed by atoms with Gasteiger partial charge in [-0.25, -0.2) is 0 Å². The number of pyridine rings is 1. The summed E-state index contributed by atoms with van der Waals surface area (Å²) in [5.41, 5.74) is 3.84. The quantitative estimate of drug-likeness (QED) is 0.738. The Labute approximate surface area is 159 Å². The standard InChI is InChI=1S/C23H23NO3/c1-16-6-5-9-19(24-16)15-26-20-10-11-22-21(13-20)23(25)18(14-27-22)12-17-7-3-2-4-8-17/h2-11,13,18,23,25H,12,14-15H2,1H3/t18-,23+/m1/s1. The van der Waals surface area contributed by atoms with Gasteiger partial charge in [0.2, 0.25) is 0 Å². The lowest BCUT2D eigenvalue weighted by Gasteiger charge is -2.30. The molecule has 0 aliphatic carbocycles. The van der Waals surface area contributed by atoms with E-state index in [2.05, 4.69) is 17.1 Å². The molecule has 0 fully saturated rings. The topological polar surface area (TPSA) is 51.6 Å². The first-order chi connectivity index (χ1) is 13.2. The Balaban J connectivity index is 1.47. The van der Waals surface area contributed by atoms with E-state index in [4.69, 9.17) is 9.47 Å². The second-order valence-electron chi connectivity index (χ2n) is 6.96. The van der Waals surface area contributed by atoms with Crippen LogP contribution < -0.4 is 9.47 Å². The molecule has 0 saturated heterocycles. The number of aliphatic hydroxyl groups is 1. The summed E-state index contributed by atoms with van der Waals surface area (Å²) in [4.78, 5) is 4.45. The average molecular weight is 361 g/mol. The first-order valence-corrected chi connectivity index (χ1v) is 9.23. The molecule has 0 bridgehead atoms. The van der Waals surface area contributed by atoms with Gasteiger partial charge in [-0.3, -0.25) is 4.98 Å². The van der Waals surface area contributed by atoms with Gasteiger partial charge in [-0.15, -0.1) is 0 Å². The number of aryl methyl sites for hydroxylation is 1. The molecule has 27 heavy (non-hydrogen) atoms. The van der Waals surface area contributed by atoms with E-state index in [-0.39, 0.29) is 5.92 Å². The molecule has 0 radical (unpaired) electrons. The van der Waals surface area contributed by atoms with E-state index in [0.717, 1.165) is 29.1 Å². The van der Waals surface area contributed by atoms with Crippen molar-refractivity contribution in [3.8, 4) is 11.5 Å². The van der Waals surface area contributed by atoms with Crippen LogP contribution in [-0.4, -0.2) is 16.7 Å². The van der Waals surface area contributed by atoms with Gasteiger partial charge in [-0.2, -0.15) is 0 Å². The summed E-state index contributed by atoms with van der Waals surface area (Å²) in [6, 6.07) is 21.7. The van der Waals surface area contributed by atoms with Gasteiger partial charge in [0.25, 0.3) is 0 Å². The molecule has 2 aromatic carbocycles. The molecule has 2 atom stereocenters. The monoisotopic (exact) mass is 361 g/mol. The normalized spacial score (nSPS) is 18.4. The Hall–Kier alpha value is -2.85. The fraction of sp³-hybridized carbons (Fsp3) is 0.261. The van der Waals surface area contributed by atoms with E-state index in [1.807, 2.05) is 61.5 Å². The summed E-state index contributed by atoms with van der Waals surface area (Å²) in [6.45, 7) is 2.87. The Kier molecular flexibility index (Phi) is 5.07. The van der Waals surface area contributed by atoms with Gasteiger partial charge < -0.3 is 14.6 Å². The van der Waals surface area contributed by atoms with Crippen LogP contribution in [0.1, 0.15) is 28.6 Å². The average Bonchev–Trinajstić information content (AvgIpc) is 2.70. The van der Waals surface area contributed by atoms with E-state index in [1.165, 1.54) is 5.56 Å². The maximum atomic E-state index is 10.9. The van der Waals surface area contributed by atoms with Crippen LogP contribution in [0.15, 0.2) is 66.7 Å². The van der Waals surface area contributed by atoms with Crippen LogP contribution in [0.2, 0.25) is 0 Å². The molecule has 0 saturated carbocycles. The van der Waals surface area contributed by atoms with Crippen molar-refractivity contribution in [1.29, 1.82) is 0 Å². The molecule has 1 N–H and O–H groups in total. The smallest absolute Gasteiger partial charge is 0.130 e. The Morgan fingerprint density at radius 1 is 1.07 bits per heavy atom. The Morgan fingerprint density at radius 3 is 2.74 bits per heavy atom. The van der Waals surface area contributed by atoms with Crippen molar-refractivity contribution in [3.63, 3.8) is 0 Å². The van der Waals surface area contributed by atoms with Crippen molar-refractivity contribution >= 4 is 0 Å². The zero-order valence-electron chi connectivity index (χ0n) is 15.3. The molecule has 138 valence electrons. The molecule has 3 aromatic rings. The molecule has 1 aliphatic rings. The molecule has 4 heteroatoms. The first-order valence-electron chi connectivity index (χ1n) is 9.23. The van der Waals surface area contributed by atoms with E-state index < -0.39 is 6.10 Å². The number of aromatic nitrogens is 1. The van der Waals surface area contributed by atoms with Crippen LogP contribution in [0, 0.1) is 12.8 Å². The van der Waals surface area contributed by atoms with E-state index in [9.17, 15) is 5.11 Å². The minimum absolute atomic E-state index is 0.0218. The number of ether oxygens (including phenoxy) is 2. The Bertz CT molecular complexity index is 911. The molecular weight excluding hydrogens is 338 g/mol. The highest BCUT2D eigenvalue weighted by molar-refractivity contribution is 5.43. The van der Waals surface area contributed by atoms with Gasteiger partial charge in [0.1, 0.15) is 18.1 Å². The molecule has 0 amide bonds. The largest absolute Gasteiger partial charge is 0.493 e. The second-order valence-corrected chi connectivity index (χ2v) is 6.96. The third kappa shape index (κ3) is 4.12. The van der Waals surface area contributed by atoms with E-state index in [0.29, 0.717) is 19.0 Å². The highest BCUT2D eigenvalue weighted by Crippen LogP contribution is 2.39. The molecule has 0 unspecified atom stereocenters. The highest BCUT2D eigenvalue weighted by Gasteiger charge is 2.30. The fourth-order valence-electron chi connectivity index (χ4n) is 3.45. The van der Waals surface area contributed by atoms with Crippen molar-refractivity contribution in [3.05, 3.63) is 89.2 Å². The number of aliphatic hydroxyl groups excluding tert-OH is 1. The maximum absolute atomic E-state index is 10.9. The third-order valence-corrected chi connectivity index (χ3v) is 4.87. The molecule has 4 nitrogen and oxygen atoms in total. The van der Waals surface area contributed by atoms with Gasteiger partial charge in [-0.1, -0.05) is 36.4 Å². The summed E-state index contributed by atoms with van der Waals surface area (Å²) in [5, 5.41) is 10.9. The predicted molar refractivity (Wildman–Crippen MR) is 104 cm³/mol. The molecular formula is C23H23NO3. The zero-order chi connectivity index (χ0) is 18.6. The van der Waals surface area contributed by atoms with Gasteiger partial charge in [0.05, 0.1) is 18.4 Å². The molecule has 4 rings (SSSR count). The minimum Gasteiger partial charge on any atom is -0.493 e. The molecule has 0 spiro atoms. The van der Waals surface area contributed by atoms with E-state index >= 15 is 0 Å². The molecule has 1 aliphatic heterocycles. The summed E-state index contributed by atoms with van der Waals surface area (Å²) in [7, 11) is 0. The maximum Gasteiger partial charge on any atom is 0.130 e. The number of nitrogens with zero attached hydrogens (tertiary/aromatic N) is 1. The van der Waals surface area contributed by atoms with Crippen molar-refractivity contribution in [2.24, 2.45) is 5.92 Å². The van der Waals surface area contributed by atoms with Crippen LogP contribution in [0.4, 0.5) is 0 Å². The SMILES string of the molecule is Cc1cccc(COc2ccc3c(c2)[C@@H](O)[C@H](Cc2ccccc2)CO3)n1. The summed E-state index contributed by atoms with van der Waals surface area (Å²) < 4.78 is 11.8. The summed E-state index contributed by atoms with van der Waals surface area (Å²) in [5.74, 6) is 1.46. The van der Waals surface area contributed by atoms with Crippen LogP contribution in [0.25, 0.3) is 0 Å². The van der Waals surface area contributed by atoms with Crippen molar-refractivity contribution < 1.29 is 14.6 Å². The van der Waals surface area contributed by atoms with Gasteiger partial charge in [-0.05, 0) is 49.2 Å². The number of hydrogen-bond donors (Lipinski definition) is 1. The van der Waals surface area contributed by atoms with Crippen molar-refractivity contribution in [2.75, 3.05) is 6.61 Å². The second kappa shape index (κ2) is 7.80. The van der Waals surface area contributed by atoms with Crippen LogP contribution in [-0.2, 0) is 13.0 Å². The number of benzene rings is 2. The number of fused-ring (bicyclic) bond motifs is 1. The first kappa shape index (κ1) is 17.6. The number of rotatable bonds is 5. The predicted octanol–water partition coefficient (Wildman–Crippen LogP) is 4.25. The van der Waals surface area contributed by atoms with Crippen molar-refractivity contribution in [1.82, 2.24) is 4.98 Å². The van der Waals surface area contributed by atoms with Crippen molar-refractivity contribution in [2.45, 2.75) is 26.1 Å². The van der Waals surface area contributed by atoms with Gasteiger partial charge in [0.15, 0.2) is 0 Å². The Morgan fingerprint density at radius 2 is 1.93 bits per heavy atom. The third-order valence-electron chi connectivity index (χ3n) is 4.87. The molecule has 1 aromatic heterocycles. The van der Waals surface area contributed by atoms with Crippen LogP contribution >= 0.6 is 0 Å². The number of hydrogen-bond acceptors (Lipinski definition) is 4. The summed E-state index contributed by atoms with van der Waals surface area (Å²) >= 11 is 0. The lowest BCUT2D eigenvalue weighted by molar-refractivity contribution is 0.0504. The highest BCUT2D eigenvalue weighted by atomic mass is 16.5. The van der Waals surface area contributed by atoms with Crippen LogP contribution in [0.3, 0.4) is 0 Å². The molecule has 2 heterocycles. The lowest BCUT2D eigenvalue weighted by Crippen LogP contribution is -2.27. The van der Waals surface area contributed by atoms with Gasteiger partial charge >= 0.3 is 0 Å². The summed E-state index contributed by atoms with van der Waals surface area (Å²) in [6.07, 6.45) is 0.203. The zero-order valence-corrected chi connectivity index (χ0v) is 15.3.